The van der Waals surface area contributed by atoms with Crippen LogP contribution in [0.5, 0.6) is 0 Å². The van der Waals surface area contributed by atoms with E-state index in [2.05, 4.69) is 15.0 Å². The molecule has 0 saturated heterocycles. The van der Waals surface area contributed by atoms with Crippen LogP contribution in [-0.4, -0.2) is 19.9 Å². The van der Waals surface area contributed by atoms with E-state index in [1.165, 1.54) is 0 Å². The summed E-state index contributed by atoms with van der Waals surface area (Å²) in [6, 6.07) is 0. The number of aromatic nitrogens is 4. The number of halogens is 6. The SMILES string of the molecule is FC(F)(F)c1nc(C(F)(F)F)c2[nH]cnc2n1. The van der Waals surface area contributed by atoms with Crippen LogP contribution >= 0.6 is 0 Å². The van der Waals surface area contributed by atoms with Crippen LogP contribution in [0.15, 0.2) is 6.33 Å². The Morgan fingerprint density at radius 2 is 1.59 bits per heavy atom. The zero-order valence-electron chi connectivity index (χ0n) is 7.69. The molecule has 0 atom stereocenters. The minimum absolute atomic E-state index is 0.675. The summed E-state index contributed by atoms with van der Waals surface area (Å²) in [7, 11) is 0. The van der Waals surface area contributed by atoms with Crippen molar-refractivity contribution in [3.8, 4) is 0 Å². The number of rotatable bonds is 0. The maximum Gasteiger partial charge on any atom is 0.451 e. The molecule has 92 valence electrons. The molecule has 0 radical (unpaired) electrons. The van der Waals surface area contributed by atoms with Crippen molar-refractivity contribution in [2.24, 2.45) is 0 Å². The zero-order chi connectivity index (χ0) is 12.8. The van der Waals surface area contributed by atoms with E-state index < -0.39 is 35.0 Å². The Bertz CT molecular complexity index is 553. The minimum atomic E-state index is -5.06. The highest BCUT2D eigenvalue weighted by Gasteiger charge is 2.41. The van der Waals surface area contributed by atoms with E-state index in [9.17, 15) is 26.3 Å². The maximum absolute atomic E-state index is 12.5. The van der Waals surface area contributed by atoms with Crippen LogP contribution < -0.4 is 0 Å². The van der Waals surface area contributed by atoms with Gasteiger partial charge in [-0.15, -0.1) is 0 Å². The molecule has 2 aromatic heterocycles. The quantitative estimate of drug-likeness (QED) is 0.736. The first kappa shape index (κ1) is 11.6. The van der Waals surface area contributed by atoms with E-state index in [0.29, 0.717) is 0 Å². The topological polar surface area (TPSA) is 54.5 Å². The average Bonchev–Trinajstić information content (AvgIpc) is 2.59. The van der Waals surface area contributed by atoms with Gasteiger partial charge in [0.15, 0.2) is 11.3 Å². The normalized spacial score (nSPS) is 13.3. The summed E-state index contributed by atoms with van der Waals surface area (Å²) in [5.74, 6) is -1.87. The number of nitrogens with zero attached hydrogens (tertiary/aromatic N) is 3. The molecule has 4 nitrogen and oxygen atoms in total. The molecule has 0 unspecified atom stereocenters. The van der Waals surface area contributed by atoms with Crippen LogP contribution in [0.1, 0.15) is 11.5 Å². The first-order valence-corrected chi connectivity index (χ1v) is 4.05. The summed E-state index contributed by atoms with van der Waals surface area (Å²) in [4.78, 5) is 10.7. The summed E-state index contributed by atoms with van der Waals surface area (Å²) >= 11 is 0. The summed E-state index contributed by atoms with van der Waals surface area (Å²) < 4.78 is 74.2. The summed E-state index contributed by atoms with van der Waals surface area (Å²) in [5, 5.41) is 0. The van der Waals surface area contributed by atoms with Crippen LogP contribution in [0, 0.1) is 0 Å². The molecular formula is C7H2F6N4. The first-order valence-electron chi connectivity index (χ1n) is 4.05. The lowest BCUT2D eigenvalue weighted by Crippen LogP contribution is -2.17. The Kier molecular flexibility index (Phi) is 2.26. The number of alkyl halides is 6. The molecule has 2 aromatic rings. The van der Waals surface area contributed by atoms with Gasteiger partial charge in [-0.2, -0.15) is 26.3 Å². The highest BCUT2D eigenvalue weighted by atomic mass is 19.4. The standard InChI is InChI=1S/C7H2F6N4/c8-6(9,10)3-2-4(15-1-14-2)17-5(16-3)7(11,12)13/h1H,(H,14,15,16,17). The molecule has 10 heteroatoms. The Hall–Kier alpha value is -1.87. The van der Waals surface area contributed by atoms with E-state index in [1.807, 2.05) is 4.98 Å². The smallest absolute Gasteiger partial charge is 0.341 e. The predicted octanol–water partition coefficient (Wildman–Crippen LogP) is 2.39. The van der Waals surface area contributed by atoms with E-state index in [-0.39, 0.29) is 0 Å². The van der Waals surface area contributed by atoms with Crippen LogP contribution in [0.25, 0.3) is 11.2 Å². The van der Waals surface area contributed by atoms with Crippen molar-refractivity contribution in [2.75, 3.05) is 0 Å². The van der Waals surface area contributed by atoms with Gasteiger partial charge in [0.2, 0.25) is 5.82 Å². The van der Waals surface area contributed by atoms with Crippen LogP contribution in [-0.2, 0) is 12.4 Å². The monoisotopic (exact) mass is 256 g/mol. The maximum atomic E-state index is 12.5. The number of hydrogen-bond donors (Lipinski definition) is 1. The van der Waals surface area contributed by atoms with Gasteiger partial charge < -0.3 is 4.98 Å². The second-order valence-corrected chi connectivity index (χ2v) is 2.99. The van der Waals surface area contributed by atoms with Crippen molar-refractivity contribution in [1.29, 1.82) is 0 Å². The highest BCUT2D eigenvalue weighted by Crippen LogP contribution is 2.34. The molecule has 0 aliphatic heterocycles. The number of fused-ring (bicyclic) bond motifs is 1. The zero-order valence-corrected chi connectivity index (χ0v) is 7.69. The molecule has 17 heavy (non-hydrogen) atoms. The molecule has 2 heterocycles. The van der Waals surface area contributed by atoms with Crippen molar-refractivity contribution in [3.63, 3.8) is 0 Å². The number of imidazole rings is 1. The Labute approximate surface area is 88.7 Å². The fourth-order valence-electron chi connectivity index (χ4n) is 1.17. The van der Waals surface area contributed by atoms with Gasteiger partial charge in [-0.1, -0.05) is 0 Å². The molecule has 0 aliphatic carbocycles. The van der Waals surface area contributed by atoms with Gasteiger partial charge in [-0.25, -0.2) is 15.0 Å². The molecule has 0 aromatic carbocycles. The predicted molar refractivity (Wildman–Crippen MR) is 41.7 cm³/mol. The van der Waals surface area contributed by atoms with Crippen molar-refractivity contribution in [3.05, 3.63) is 17.8 Å². The summed E-state index contributed by atoms with van der Waals surface area (Å²) in [5.41, 5.74) is -3.04. The average molecular weight is 256 g/mol. The lowest BCUT2D eigenvalue weighted by Gasteiger charge is -2.09. The van der Waals surface area contributed by atoms with Crippen molar-refractivity contribution < 1.29 is 26.3 Å². The minimum Gasteiger partial charge on any atom is -0.341 e. The Morgan fingerprint density at radius 3 is 2.12 bits per heavy atom. The Balaban J connectivity index is 2.76. The second kappa shape index (κ2) is 3.31. The van der Waals surface area contributed by atoms with E-state index in [0.717, 1.165) is 6.33 Å². The van der Waals surface area contributed by atoms with E-state index in [4.69, 9.17) is 0 Å². The molecule has 1 N–H and O–H groups in total. The number of aromatic amines is 1. The van der Waals surface area contributed by atoms with E-state index in [1.54, 1.807) is 0 Å². The largest absolute Gasteiger partial charge is 0.451 e. The molecule has 0 aliphatic rings. The number of H-pyrrole nitrogens is 1. The van der Waals surface area contributed by atoms with E-state index >= 15 is 0 Å². The van der Waals surface area contributed by atoms with Gasteiger partial charge in [-0.3, -0.25) is 0 Å². The number of nitrogens with one attached hydrogen (secondary N) is 1. The molecule has 0 spiro atoms. The van der Waals surface area contributed by atoms with Gasteiger partial charge >= 0.3 is 12.4 Å². The molecule has 0 bridgehead atoms. The molecule has 0 amide bonds. The van der Waals surface area contributed by atoms with Gasteiger partial charge in [0.1, 0.15) is 5.52 Å². The van der Waals surface area contributed by atoms with Crippen molar-refractivity contribution in [1.82, 2.24) is 19.9 Å². The summed E-state index contributed by atoms with van der Waals surface area (Å²) in [6.07, 6.45) is -9.27. The fourth-order valence-corrected chi connectivity index (χ4v) is 1.17. The third-order valence-corrected chi connectivity index (χ3v) is 1.81. The second-order valence-electron chi connectivity index (χ2n) is 2.99. The molecular weight excluding hydrogens is 254 g/mol. The fraction of sp³-hybridized carbons (Fsp3) is 0.286. The third-order valence-electron chi connectivity index (χ3n) is 1.81. The van der Waals surface area contributed by atoms with Gasteiger partial charge in [-0.05, 0) is 0 Å². The van der Waals surface area contributed by atoms with Crippen LogP contribution in [0.3, 0.4) is 0 Å². The van der Waals surface area contributed by atoms with Gasteiger partial charge in [0.05, 0.1) is 6.33 Å². The lowest BCUT2D eigenvalue weighted by atomic mass is 10.3. The van der Waals surface area contributed by atoms with Gasteiger partial charge in [0.25, 0.3) is 0 Å². The van der Waals surface area contributed by atoms with Crippen LogP contribution in [0.4, 0.5) is 26.3 Å². The molecule has 0 fully saturated rings. The van der Waals surface area contributed by atoms with Crippen molar-refractivity contribution in [2.45, 2.75) is 12.4 Å². The van der Waals surface area contributed by atoms with Crippen LogP contribution in [0.2, 0.25) is 0 Å². The first-order chi connectivity index (χ1) is 7.69. The highest BCUT2D eigenvalue weighted by molar-refractivity contribution is 5.73. The molecule has 2 rings (SSSR count). The van der Waals surface area contributed by atoms with Gasteiger partial charge in [0, 0.05) is 0 Å². The number of hydrogen-bond acceptors (Lipinski definition) is 3. The summed E-state index contributed by atoms with van der Waals surface area (Å²) in [6.45, 7) is 0. The molecule has 0 saturated carbocycles. The lowest BCUT2D eigenvalue weighted by molar-refractivity contribution is -0.151. The Morgan fingerprint density at radius 1 is 0.941 bits per heavy atom. The third kappa shape index (κ3) is 2.01. The van der Waals surface area contributed by atoms with Crippen molar-refractivity contribution >= 4 is 11.2 Å².